The third-order valence-corrected chi connectivity index (χ3v) is 5.46. The lowest BCUT2D eigenvalue weighted by molar-refractivity contribution is 0.103. The highest BCUT2D eigenvalue weighted by molar-refractivity contribution is 7.89. The smallest absolute Gasteiger partial charge is 0.238 e. The molecule has 3 aromatic carbocycles. The number of hydrogen-bond acceptors (Lipinski definition) is 4. The summed E-state index contributed by atoms with van der Waals surface area (Å²) in [6.07, 6.45) is 2.61. The van der Waals surface area contributed by atoms with E-state index in [9.17, 15) is 13.2 Å². The monoisotopic (exact) mass is 409 g/mol. The fourth-order valence-corrected chi connectivity index (χ4v) is 3.44. The van der Waals surface area contributed by atoms with Crippen LogP contribution in [0.25, 0.3) is 0 Å². The molecule has 0 unspecified atom stereocenters. The molecule has 6 heteroatoms. The highest BCUT2D eigenvalue weighted by Crippen LogP contribution is 2.16. The normalized spacial score (nSPS) is 11.2. The van der Waals surface area contributed by atoms with Gasteiger partial charge in [-0.2, -0.15) is 0 Å². The summed E-state index contributed by atoms with van der Waals surface area (Å²) >= 11 is 0. The van der Waals surface area contributed by atoms with E-state index in [4.69, 9.17) is 9.88 Å². The molecule has 0 bridgehead atoms. The van der Waals surface area contributed by atoms with Crippen molar-refractivity contribution in [2.75, 3.05) is 6.61 Å². The van der Waals surface area contributed by atoms with Crippen LogP contribution >= 0.6 is 0 Å². The maximum absolute atomic E-state index is 12.4. The molecule has 0 aliphatic carbocycles. The van der Waals surface area contributed by atoms with Gasteiger partial charge in [0.2, 0.25) is 10.0 Å². The van der Waals surface area contributed by atoms with Gasteiger partial charge < -0.3 is 4.74 Å². The number of aryl methyl sites for hydroxylation is 1. The highest BCUT2D eigenvalue weighted by atomic mass is 32.2. The van der Waals surface area contributed by atoms with Crippen LogP contribution in [0.2, 0.25) is 0 Å². The van der Waals surface area contributed by atoms with Crippen LogP contribution in [0.5, 0.6) is 5.75 Å². The maximum Gasteiger partial charge on any atom is 0.238 e. The molecular weight excluding hydrogens is 386 g/mol. The maximum atomic E-state index is 12.4. The predicted octanol–water partition coefficient (Wildman–Crippen LogP) is 3.97. The number of carbonyl (C=O) groups excluding carboxylic acids is 1. The standard InChI is InChI=1S/C23H23NO4S/c24-29(26,27)22-15-9-18(10-16-22)6-4-5-17-28-21-13-11-20(12-14-21)23(25)19-7-2-1-3-8-19/h1-3,7-16H,4-6,17H2,(H2,24,26,27). The number of hydrogen-bond donors (Lipinski definition) is 1. The molecule has 0 amide bonds. The molecule has 0 spiro atoms. The Kier molecular flexibility index (Phi) is 6.80. The molecule has 150 valence electrons. The molecule has 0 radical (unpaired) electrons. The van der Waals surface area contributed by atoms with Gasteiger partial charge in [0.1, 0.15) is 5.75 Å². The topological polar surface area (TPSA) is 86.5 Å². The number of benzene rings is 3. The molecule has 29 heavy (non-hydrogen) atoms. The minimum atomic E-state index is -3.64. The SMILES string of the molecule is NS(=O)(=O)c1ccc(CCCCOc2ccc(C(=O)c3ccccc3)cc2)cc1. The van der Waals surface area contributed by atoms with E-state index in [0.717, 1.165) is 30.6 Å². The van der Waals surface area contributed by atoms with Crippen molar-refractivity contribution in [3.63, 3.8) is 0 Å². The van der Waals surface area contributed by atoms with Crippen molar-refractivity contribution >= 4 is 15.8 Å². The number of carbonyl (C=O) groups is 1. The summed E-state index contributed by atoms with van der Waals surface area (Å²) in [5.74, 6) is 0.720. The van der Waals surface area contributed by atoms with Crippen LogP contribution in [0.3, 0.4) is 0 Å². The van der Waals surface area contributed by atoms with Gasteiger partial charge in [-0.25, -0.2) is 13.6 Å². The molecule has 0 saturated heterocycles. The van der Waals surface area contributed by atoms with E-state index in [0.29, 0.717) is 17.7 Å². The van der Waals surface area contributed by atoms with Crippen LogP contribution in [-0.2, 0) is 16.4 Å². The summed E-state index contributed by atoms with van der Waals surface area (Å²) < 4.78 is 28.2. The highest BCUT2D eigenvalue weighted by Gasteiger charge is 2.08. The third-order valence-electron chi connectivity index (χ3n) is 4.53. The average molecular weight is 410 g/mol. The molecule has 5 nitrogen and oxygen atoms in total. The second-order valence-corrected chi connectivity index (χ2v) is 8.28. The summed E-state index contributed by atoms with van der Waals surface area (Å²) in [6.45, 7) is 0.571. The van der Waals surface area contributed by atoms with Crippen LogP contribution in [0.15, 0.2) is 83.8 Å². The van der Waals surface area contributed by atoms with Crippen molar-refractivity contribution in [3.8, 4) is 5.75 Å². The Morgan fingerprint density at radius 1 is 0.793 bits per heavy atom. The second kappa shape index (κ2) is 9.49. The van der Waals surface area contributed by atoms with Gasteiger partial charge in [0.15, 0.2) is 5.78 Å². The first-order valence-electron chi connectivity index (χ1n) is 9.38. The first-order valence-corrected chi connectivity index (χ1v) is 10.9. The van der Waals surface area contributed by atoms with Crippen molar-refractivity contribution in [2.45, 2.75) is 24.2 Å². The zero-order valence-electron chi connectivity index (χ0n) is 16.0. The van der Waals surface area contributed by atoms with Crippen LogP contribution in [0.4, 0.5) is 0 Å². The van der Waals surface area contributed by atoms with E-state index in [2.05, 4.69) is 0 Å². The van der Waals surface area contributed by atoms with Crippen molar-refractivity contribution < 1.29 is 17.9 Å². The summed E-state index contributed by atoms with van der Waals surface area (Å²) in [7, 11) is -3.64. The Morgan fingerprint density at radius 2 is 1.41 bits per heavy atom. The second-order valence-electron chi connectivity index (χ2n) is 6.71. The Bertz CT molecular complexity index is 1040. The minimum absolute atomic E-state index is 0.00870. The Labute approximate surface area is 171 Å². The Morgan fingerprint density at radius 3 is 2.03 bits per heavy atom. The molecule has 0 fully saturated rings. The summed E-state index contributed by atoms with van der Waals surface area (Å²) in [6, 6.07) is 23.0. The van der Waals surface area contributed by atoms with Gasteiger partial charge >= 0.3 is 0 Å². The molecule has 0 heterocycles. The van der Waals surface area contributed by atoms with E-state index in [1.165, 1.54) is 12.1 Å². The summed E-state index contributed by atoms with van der Waals surface area (Å²) in [5.41, 5.74) is 2.35. The van der Waals surface area contributed by atoms with E-state index >= 15 is 0 Å². The first-order chi connectivity index (χ1) is 13.9. The number of primary sulfonamides is 1. The van der Waals surface area contributed by atoms with Crippen LogP contribution in [0, 0.1) is 0 Å². The zero-order chi connectivity index (χ0) is 20.7. The van der Waals surface area contributed by atoms with E-state index in [1.54, 1.807) is 36.4 Å². The van der Waals surface area contributed by atoms with E-state index < -0.39 is 10.0 Å². The Balaban J connectivity index is 1.42. The number of rotatable bonds is 9. The first kappa shape index (κ1) is 20.8. The van der Waals surface area contributed by atoms with Crippen LogP contribution in [0.1, 0.15) is 34.3 Å². The molecule has 3 aromatic rings. The minimum Gasteiger partial charge on any atom is -0.494 e. The predicted molar refractivity (Wildman–Crippen MR) is 113 cm³/mol. The number of unbranched alkanes of at least 4 members (excludes halogenated alkanes) is 1. The molecule has 0 saturated carbocycles. The molecule has 0 aliphatic rings. The Hall–Kier alpha value is -2.96. The molecule has 0 aliphatic heterocycles. The van der Waals surface area contributed by atoms with Crippen LogP contribution in [-0.4, -0.2) is 20.8 Å². The molecule has 0 atom stereocenters. The van der Waals surface area contributed by atoms with Gasteiger partial charge in [-0.05, 0) is 61.2 Å². The zero-order valence-corrected chi connectivity index (χ0v) is 16.8. The van der Waals surface area contributed by atoms with Crippen LogP contribution < -0.4 is 9.88 Å². The molecule has 2 N–H and O–H groups in total. The average Bonchev–Trinajstić information content (AvgIpc) is 2.74. The number of ketones is 1. The van der Waals surface area contributed by atoms with Gasteiger partial charge in [0, 0.05) is 11.1 Å². The van der Waals surface area contributed by atoms with Crippen molar-refractivity contribution in [1.82, 2.24) is 0 Å². The number of ether oxygens (including phenoxy) is 1. The van der Waals surface area contributed by atoms with E-state index in [-0.39, 0.29) is 10.7 Å². The van der Waals surface area contributed by atoms with Crippen molar-refractivity contribution in [2.24, 2.45) is 5.14 Å². The number of nitrogens with two attached hydrogens (primary N) is 1. The molecular formula is C23H23NO4S. The van der Waals surface area contributed by atoms with Gasteiger partial charge in [0.05, 0.1) is 11.5 Å². The lowest BCUT2D eigenvalue weighted by Crippen LogP contribution is -2.11. The number of sulfonamides is 1. The van der Waals surface area contributed by atoms with Gasteiger partial charge in [-0.3, -0.25) is 4.79 Å². The lowest BCUT2D eigenvalue weighted by Gasteiger charge is -2.08. The fraction of sp³-hybridized carbons (Fsp3) is 0.174. The lowest BCUT2D eigenvalue weighted by atomic mass is 10.0. The van der Waals surface area contributed by atoms with Crippen molar-refractivity contribution in [3.05, 3.63) is 95.6 Å². The summed E-state index contributed by atoms with van der Waals surface area (Å²) in [5, 5.41) is 5.09. The molecule has 0 aromatic heterocycles. The van der Waals surface area contributed by atoms with E-state index in [1.807, 2.05) is 30.3 Å². The van der Waals surface area contributed by atoms with Gasteiger partial charge in [-0.15, -0.1) is 0 Å². The fourth-order valence-electron chi connectivity index (χ4n) is 2.93. The third kappa shape index (κ3) is 6.01. The van der Waals surface area contributed by atoms with Gasteiger partial charge in [-0.1, -0.05) is 42.5 Å². The van der Waals surface area contributed by atoms with Gasteiger partial charge in [0.25, 0.3) is 0 Å². The summed E-state index contributed by atoms with van der Waals surface area (Å²) in [4.78, 5) is 12.5. The largest absolute Gasteiger partial charge is 0.494 e. The quantitative estimate of drug-likeness (QED) is 0.428. The van der Waals surface area contributed by atoms with Crippen molar-refractivity contribution in [1.29, 1.82) is 0 Å². The molecule has 3 rings (SSSR count).